The first-order chi connectivity index (χ1) is 10.3. The summed E-state index contributed by atoms with van der Waals surface area (Å²) in [6.45, 7) is 0.973. The van der Waals surface area contributed by atoms with Crippen LogP contribution in [0.1, 0.15) is 50.5 Å². The largest absolute Gasteiger partial charge is 0.482 e. The molecule has 0 spiro atoms. The van der Waals surface area contributed by atoms with Gasteiger partial charge in [-0.15, -0.1) is 0 Å². The fraction of sp³-hybridized carbons (Fsp3) is 0.588. The van der Waals surface area contributed by atoms with Crippen LogP contribution in [0.5, 0.6) is 5.75 Å². The Kier molecular flexibility index (Phi) is 4.76. The van der Waals surface area contributed by atoms with E-state index in [1.54, 1.807) is 0 Å². The van der Waals surface area contributed by atoms with E-state index in [1.165, 1.54) is 50.5 Å². The number of rotatable bonds is 3. The van der Waals surface area contributed by atoms with Crippen LogP contribution in [0, 0.1) is 0 Å². The molecule has 1 aliphatic carbocycles. The van der Waals surface area contributed by atoms with Crippen molar-refractivity contribution in [3.8, 4) is 5.75 Å². The van der Waals surface area contributed by atoms with E-state index in [1.807, 2.05) is 12.1 Å². The minimum atomic E-state index is -0.0763. The van der Waals surface area contributed by atoms with Gasteiger partial charge in [-0.25, -0.2) is 0 Å². The number of carbonyl (C=O) groups excluding carboxylic acids is 1. The molecule has 3 rings (SSSR count). The van der Waals surface area contributed by atoms with Gasteiger partial charge in [-0.3, -0.25) is 4.79 Å². The number of nitrogens with one attached hydrogen (secondary N) is 2. The number of benzene rings is 1. The number of amides is 1. The van der Waals surface area contributed by atoms with Gasteiger partial charge in [-0.2, -0.15) is 0 Å². The topological polar surface area (TPSA) is 50.4 Å². The van der Waals surface area contributed by atoms with Crippen LogP contribution < -0.4 is 15.4 Å². The predicted octanol–water partition coefficient (Wildman–Crippen LogP) is 3.22. The highest BCUT2D eigenvalue weighted by molar-refractivity contribution is 5.95. The third-order valence-electron chi connectivity index (χ3n) is 4.38. The van der Waals surface area contributed by atoms with Gasteiger partial charge in [0.05, 0.1) is 5.69 Å². The molecule has 2 N–H and O–H groups in total. The monoisotopic (exact) mass is 288 g/mol. The first-order valence-corrected chi connectivity index (χ1v) is 8.10. The highest BCUT2D eigenvalue weighted by atomic mass is 16.5. The molecule has 0 saturated heterocycles. The summed E-state index contributed by atoms with van der Waals surface area (Å²) in [5.41, 5.74) is 1.99. The van der Waals surface area contributed by atoms with Crippen molar-refractivity contribution < 1.29 is 9.53 Å². The molecule has 0 aromatic heterocycles. The zero-order valence-electron chi connectivity index (χ0n) is 12.5. The number of anilines is 1. The number of carbonyl (C=O) groups is 1. The zero-order valence-corrected chi connectivity index (χ0v) is 12.5. The Bertz CT molecular complexity index is 494. The minimum absolute atomic E-state index is 0.0763. The molecule has 2 aliphatic rings. The Hall–Kier alpha value is -1.55. The molecule has 0 radical (unpaired) electrons. The fourth-order valence-electron chi connectivity index (χ4n) is 3.16. The normalized spacial score (nSPS) is 19.9. The molecule has 4 nitrogen and oxygen atoms in total. The summed E-state index contributed by atoms with van der Waals surface area (Å²) >= 11 is 0. The highest BCUT2D eigenvalue weighted by Gasteiger charge is 2.16. The molecule has 114 valence electrons. The predicted molar refractivity (Wildman–Crippen MR) is 83.5 cm³/mol. The van der Waals surface area contributed by atoms with Gasteiger partial charge in [0.2, 0.25) is 0 Å². The average Bonchev–Trinajstić information content (AvgIpc) is 2.45. The Morgan fingerprint density at radius 3 is 2.71 bits per heavy atom. The van der Waals surface area contributed by atoms with E-state index in [2.05, 4.69) is 16.7 Å². The summed E-state index contributed by atoms with van der Waals surface area (Å²) in [6.07, 6.45) is 9.39. The number of hydrogen-bond acceptors (Lipinski definition) is 3. The van der Waals surface area contributed by atoms with Crippen molar-refractivity contribution in [2.24, 2.45) is 0 Å². The van der Waals surface area contributed by atoms with Gasteiger partial charge in [-0.1, -0.05) is 38.2 Å². The van der Waals surface area contributed by atoms with Crippen molar-refractivity contribution in [1.82, 2.24) is 5.32 Å². The van der Waals surface area contributed by atoms with E-state index in [-0.39, 0.29) is 12.5 Å². The van der Waals surface area contributed by atoms with Gasteiger partial charge in [0, 0.05) is 12.6 Å². The third kappa shape index (κ3) is 3.97. The van der Waals surface area contributed by atoms with Crippen LogP contribution in [0.15, 0.2) is 18.2 Å². The van der Waals surface area contributed by atoms with Gasteiger partial charge >= 0.3 is 0 Å². The summed E-state index contributed by atoms with van der Waals surface area (Å²) in [6, 6.07) is 6.67. The maximum Gasteiger partial charge on any atom is 0.262 e. The van der Waals surface area contributed by atoms with Gasteiger partial charge in [0.25, 0.3) is 5.91 Å². The molecule has 1 heterocycles. The van der Waals surface area contributed by atoms with Crippen LogP contribution in [0.2, 0.25) is 0 Å². The van der Waals surface area contributed by atoms with Gasteiger partial charge in [0.1, 0.15) is 5.75 Å². The summed E-state index contributed by atoms with van der Waals surface area (Å²) in [5.74, 6) is 0.692. The van der Waals surface area contributed by atoms with E-state index in [9.17, 15) is 4.79 Å². The van der Waals surface area contributed by atoms with E-state index in [0.29, 0.717) is 6.04 Å². The molecular formula is C17H24N2O2. The lowest BCUT2D eigenvalue weighted by Gasteiger charge is -2.22. The SMILES string of the molecule is O=C1COc2ccc(CNC3CCCCCCC3)cc2N1. The van der Waals surface area contributed by atoms with Crippen LogP contribution in [0.3, 0.4) is 0 Å². The standard InChI is InChI=1S/C17H24N2O2/c20-17-12-21-16-9-8-13(10-15(16)19-17)11-18-14-6-4-2-1-3-5-7-14/h8-10,14,18H,1-7,11-12H2,(H,19,20). The second kappa shape index (κ2) is 6.94. The Labute approximate surface area is 126 Å². The molecule has 1 amide bonds. The second-order valence-electron chi connectivity index (χ2n) is 6.09. The third-order valence-corrected chi connectivity index (χ3v) is 4.38. The first-order valence-electron chi connectivity index (χ1n) is 8.10. The molecule has 4 heteroatoms. The number of ether oxygens (including phenoxy) is 1. The van der Waals surface area contributed by atoms with Crippen molar-refractivity contribution in [2.75, 3.05) is 11.9 Å². The molecule has 1 fully saturated rings. The van der Waals surface area contributed by atoms with Crippen LogP contribution in [0.4, 0.5) is 5.69 Å². The van der Waals surface area contributed by atoms with Crippen molar-refractivity contribution >= 4 is 11.6 Å². The van der Waals surface area contributed by atoms with Gasteiger partial charge in [-0.05, 0) is 30.5 Å². The number of hydrogen-bond donors (Lipinski definition) is 2. The van der Waals surface area contributed by atoms with Crippen LogP contribution in [-0.4, -0.2) is 18.6 Å². The molecule has 1 aromatic rings. The maximum absolute atomic E-state index is 11.4. The number of fused-ring (bicyclic) bond motifs is 1. The summed E-state index contributed by atoms with van der Waals surface area (Å²) in [5, 5.41) is 6.53. The maximum atomic E-state index is 11.4. The molecule has 1 saturated carbocycles. The smallest absolute Gasteiger partial charge is 0.262 e. The van der Waals surface area contributed by atoms with Gasteiger partial charge in [0.15, 0.2) is 6.61 Å². The minimum Gasteiger partial charge on any atom is -0.482 e. The van der Waals surface area contributed by atoms with Crippen LogP contribution >= 0.6 is 0 Å². The molecule has 0 unspecified atom stereocenters. The average molecular weight is 288 g/mol. The van der Waals surface area contributed by atoms with Crippen molar-refractivity contribution in [3.63, 3.8) is 0 Å². The Morgan fingerprint density at radius 2 is 1.90 bits per heavy atom. The Morgan fingerprint density at radius 1 is 1.14 bits per heavy atom. The van der Waals surface area contributed by atoms with Crippen LogP contribution in [-0.2, 0) is 11.3 Å². The molecule has 0 atom stereocenters. The van der Waals surface area contributed by atoms with E-state index in [0.717, 1.165) is 18.0 Å². The zero-order chi connectivity index (χ0) is 14.5. The van der Waals surface area contributed by atoms with Gasteiger partial charge < -0.3 is 15.4 Å². The quantitative estimate of drug-likeness (QED) is 0.898. The van der Waals surface area contributed by atoms with E-state index >= 15 is 0 Å². The summed E-state index contributed by atoms with van der Waals surface area (Å²) in [7, 11) is 0. The molecule has 21 heavy (non-hydrogen) atoms. The first kappa shape index (κ1) is 14.4. The van der Waals surface area contributed by atoms with Crippen molar-refractivity contribution in [3.05, 3.63) is 23.8 Å². The van der Waals surface area contributed by atoms with Crippen LogP contribution in [0.25, 0.3) is 0 Å². The second-order valence-corrected chi connectivity index (χ2v) is 6.09. The van der Waals surface area contributed by atoms with E-state index < -0.39 is 0 Å². The van der Waals surface area contributed by atoms with E-state index in [4.69, 9.17) is 4.74 Å². The lowest BCUT2D eigenvalue weighted by Crippen LogP contribution is -2.29. The summed E-state index contributed by atoms with van der Waals surface area (Å²) in [4.78, 5) is 11.4. The fourth-order valence-corrected chi connectivity index (χ4v) is 3.16. The van der Waals surface area contributed by atoms with Crippen molar-refractivity contribution in [1.29, 1.82) is 0 Å². The Balaban J connectivity index is 1.57. The molecule has 0 bridgehead atoms. The summed E-state index contributed by atoms with van der Waals surface area (Å²) < 4.78 is 5.38. The highest BCUT2D eigenvalue weighted by Crippen LogP contribution is 2.28. The van der Waals surface area contributed by atoms with Crippen molar-refractivity contribution in [2.45, 2.75) is 57.5 Å². The lowest BCUT2D eigenvalue weighted by atomic mass is 9.96. The lowest BCUT2D eigenvalue weighted by molar-refractivity contribution is -0.118. The molecular weight excluding hydrogens is 264 g/mol. The molecule has 1 aliphatic heterocycles. The molecule has 1 aromatic carbocycles.